The fraction of sp³-hybridized carbons (Fsp3) is 0.333. The normalized spacial score (nSPS) is 12.3. The molecule has 0 aliphatic rings. The van der Waals surface area contributed by atoms with Crippen molar-refractivity contribution in [3.63, 3.8) is 0 Å². The number of allylic oxidation sites excluding steroid dienone is 1. The van der Waals surface area contributed by atoms with Crippen LogP contribution in [0.2, 0.25) is 0 Å². The fourth-order valence-electron chi connectivity index (χ4n) is 3.29. The van der Waals surface area contributed by atoms with E-state index in [-0.39, 0.29) is 6.16 Å². The van der Waals surface area contributed by atoms with Crippen LogP contribution in [0.1, 0.15) is 49.6 Å². The lowest BCUT2D eigenvalue weighted by Crippen LogP contribution is -2.15. The van der Waals surface area contributed by atoms with E-state index in [2.05, 4.69) is 34.6 Å². The fourth-order valence-corrected chi connectivity index (χ4v) is 3.86. The van der Waals surface area contributed by atoms with Crippen LogP contribution in [0.3, 0.4) is 0 Å². The summed E-state index contributed by atoms with van der Waals surface area (Å²) in [6.07, 6.45) is 5.47. The van der Waals surface area contributed by atoms with Crippen molar-refractivity contribution in [3.05, 3.63) is 71.6 Å². The van der Waals surface area contributed by atoms with Gasteiger partial charge in [0.1, 0.15) is 0 Å². The summed E-state index contributed by atoms with van der Waals surface area (Å²) in [6.45, 7) is 3.35. The summed E-state index contributed by atoms with van der Waals surface area (Å²) in [6, 6.07) is 18.1. The molecule has 170 valence electrons. The molecule has 0 atom stereocenters. The highest BCUT2D eigenvalue weighted by atomic mass is 31.2. The molecule has 0 spiro atoms. The number of benzene rings is 2. The molecule has 3 N–H and O–H groups in total. The van der Waals surface area contributed by atoms with Crippen LogP contribution in [0.4, 0.5) is 0 Å². The molecule has 1 aromatic heterocycles. The Morgan fingerprint density at radius 1 is 1.06 bits per heavy atom. The molecule has 8 heteroatoms. The number of hydrogen-bond acceptors (Lipinski definition) is 5. The van der Waals surface area contributed by atoms with Gasteiger partial charge in [0.15, 0.2) is 0 Å². The summed E-state index contributed by atoms with van der Waals surface area (Å²) in [5.41, 5.74) is 4.26. The lowest BCUT2D eigenvalue weighted by Gasteiger charge is -2.06. The zero-order valence-corrected chi connectivity index (χ0v) is 19.2. The summed E-state index contributed by atoms with van der Waals surface area (Å²) in [4.78, 5) is 17.8. The van der Waals surface area contributed by atoms with E-state index in [4.69, 9.17) is 14.2 Å². The van der Waals surface area contributed by atoms with Gasteiger partial charge in [-0.05, 0) is 54.6 Å². The quantitative estimate of drug-likeness (QED) is 0.257. The van der Waals surface area contributed by atoms with Crippen LogP contribution in [-0.2, 0) is 11.1 Å². The van der Waals surface area contributed by atoms with Crippen molar-refractivity contribution in [1.82, 2.24) is 15.5 Å². The molecular weight excluding hydrogens is 425 g/mol. The predicted molar refractivity (Wildman–Crippen MR) is 127 cm³/mol. The summed E-state index contributed by atoms with van der Waals surface area (Å²) in [5, 5.41) is 11.6. The van der Waals surface area contributed by atoms with Gasteiger partial charge < -0.3 is 19.5 Å². The molecule has 0 bridgehead atoms. The molecular formula is C24H30N3O4P. The summed E-state index contributed by atoms with van der Waals surface area (Å²) in [7, 11) is -3.92. The maximum Gasteiger partial charge on any atom is 0.325 e. The lowest BCUT2D eigenvalue weighted by atomic mass is 10.00. The van der Waals surface area contributed by atoms with Gasteiger partial charge in [0.25, 0.3) is 0 Å². The molecule has 0 fully saturated rings. The molecule has 0 amide bonds. The predicted octanol–water partition coefficient (Wildman–Crippen LogP) is 5.12. The second-order valence-electron chi connectivity index (χ2n) is 7.70. The van der Waals surface area contributed by atoms with Gasteiger partial charge in [-0.25, -0.2) is 0 Å². The maximum absolute atomic E-state index is 10.9. The number of nitrogens with zero attached hydrogens (tertiary/aromatic N) is 2. The monoisotopic (exact) mass is 455 g/mol. The van der Waals surface area contributed by atoms with Crippen molar-refractivity contribution in [2.45, 2.75) is 39.2 Å². The Labute approximate surface area is 188 Å². The largest absolute Gasteiger partial charge is 0.417 e. The number of aromatic nitrogens is 2. The van der Waals surface area contributed by atoms with Crippen LogP contribution in [0.25, 0.3) is 23.1 Å². The molecule has 0 saturated carbocycles. The van der Waals surface area contributed by atoms with Gasteiger partial charge in [-0.1, -0.05) is 55.8 Å². The molecule has 3 rings (SSSR count). The molecule has 0 radical (unpaired) electrons. The van der Waals surface area contributed by atoms with Crippen molar-refractivity contribution >= 4 is 19.2 Å². The minimum absolute atomic E-state index is 0.0999. The first-order valence-electron chi connectivity index (χ1n) is 10.9. The number of rotatable bonds is 12. The van der Waals surface area contributed by atoms with Gasteiger partial charge in [0.2, 0.25) is 11.8 Å². The first-order valence-corrected chi connectivity index (χ1v) is 12.7. The Morgan fingerprint density at radius 3 is 2.50 bits per heavy atom. The number of unbranched alkanes of at least 4 members (excludes halogenated alkanes) is 1. The number of nitrogens with one attached hydrogen (secondary N) is 1. The van der Waals surface area contributed by atoms with Gasteiger partial charge in [-0.3, -0.25) is 4.57 Å². The van der Waals surface area contributed by atoms with Crippen molar-refractivity contribution in [2.24, 2.45) is 0 Å². The van der Waals surface area contributed by atoms with Crippen molar-refractivity contribution in [2.75, 3.05) is 12.7 Å². The second kappa shape index (κ2) is 11.9. The third-order valence-corrected chi connectivity index (χ3v) is 5.91. The average Bonchev–Trinajstić information content (AvgIpc) is 3.25. The molecule has 0 saturated heterocycles. The van der Waals surface area contributed by atoms with E-state index in [1.54, 1.807) is 0 Å². The Kier molecular flexibility index (Phi) is 8.94. The molecule has 7 nitrogen and oxygen atoms in total. The van der Waals surface area contributed by atoms with E-state index in [0.717, 1.165) is 30.4 Å². The summed E-state index contributed by atoms with van der Waals surface area (Å²) < 4.78 is 16.8. The minimum atomic E-state index is -3.92. The van der Waals surface area contributed by atoms with Gasteiger partial charge in [0, 0.05) is 18.2 Å². The van der Waals surface area contributed by atoms with Crippen molar-refractivity contribution in [3.8, 4) is 11.5 Å². The van der Waals surface area contributed by atoms with Crippen LogP contribution in [0.15, 0.2) is 59.0 Å². The summed E-state index contributed by atoms with van der Waals surface area (Å²) >= 11 is 0. The van der Waals surface area contributed by atoms with E-state index < -0.39 is 7.60 Å². The number of hydrogen-bond donors (Lipinski definition) is 3. The highest BCUT2D eigenvalue weighted by molar-refractivity contribution is 7.51. The molecule has 0 aliphatic carbocycles. The Morgan fingerprint density at radius 2 is 1.81 bits per heavy atom. The zero-order chi connectivity index (χ0) is 22.8. The molecule has 0 unspecified atom stereocenters. The van der Waals surface area contributed by atoms with Gasteiger partial charge in [-0.15, -0.1) is 10.2 Å². The van der Waals surface area contributed by atoms with Crippen LogP contribution in [0, 0.1) is 0 Å². The minimum Gasteiger partial charge on any atom is -0.417 e. The molecule has 0 aliphatic heterocycles. The maximum atomic E-state index is 10.9. The van der Waals surface area contributed by atoms with Crippen molar-refractivity contribution in [1.29, 1.82) is 0 Å². The Balaban J connectivity index is 1.62. The lowest BCUT2D eigenvalue weighted by molar-refractivity contribution is 0.371. The zero-order valence-electron chi connectivity index (χ0n) is 18.3. The molecule has 32 heavy (non-hydrogen) atoms. The van der Waals surface area contributed by atoms with Crippen molar-refractivity contribution < 1.29 is 18.8 Å². The van der Waals surface area contributed by atoms with Crippen LogP contribution in [-0.4, -0.2) is 32.7 Å². The third-order valence-electron chi connectivity index (χ3n) is 5.02. The molecule has 1 heterocycles. The van der Waals surface area contributed by atoms with E-state index in [9.17, 15) is 4.57 Å². The molecule has 2 aromatic carbocycles. The first kappa shape index (κ1) is 24.1. The van der Waals surface area contributed by atoms with E-state index in [1.807, 2.05) is 48.5 Å². The Bertz CT molecular complexity index is 1040. The van der Waals surface area contributed by atoms with Gasteiger partial charge in [-0.2, -0.15) is 0 Å². The molecule has 3 aromatic rings. The van der Waals surface area contributed by atoms with Gasteiger partial charge >= 0.3 is 7.60 Å². The van der Waals surface area contributed by atoms with Gasteiger partial charge in [0.05, 0.1) is 6.16 Å². The SMILES string of the molecule is CCCCC(=Cc1nnc(-c2ccc(CNCCCP(=O)(O)O)cc2)o1)c1ccccc1. The first-order chi connectivity index (χ1) is 15.4. The third kappa shape index (κ3) is 7.84. The van der Waals surface area contributed by atoms with E-state index in [1.165, 1.54) is 11.1 Å². The highest BCUT2D eigenvalue weighted by Gasteiger charge is 2.11. The van der Waals surface area contributed by atoms with Crippen LogP contribution < -0.4 is 5.32 Å². The van der Waals surface area contributed by atoms with E-state index in [0.29, 0.717) is 31.3 Å². The smallest absolute Gasteiger partial charge is 0.325 e. The highest BCUT2D eigenvalue weighted by Crippen LogP contribution is 2.34. The van der Waals surface area contributed by atoms with Crippen LogP contribution in [0.5, 0.6) is 0 Å². The average molecular weight is 455 g/mol. The summed E-state index contributed by atoms with van der Waals surface area (Å²) in [5.74, 6) is 0.964. The second-order valence-corrected chi connectivity index (χ2v) is 9.48. The standard InChI is InChI=1S/C24H30N3O4P/c1-2-3-8-22(20-9-5-4-6-10-20)17-23-26-27-24(31-23)21-13-11-19(12-14-21)18-25-15-7-16-32(28,29)30/h4-6,9-14,17,25H,2-3,7-8,15-16,18H2,1H3,(H2,28,29,30). The Hall–Kier alpha value is -2.57. The topological polar surface area (TPSA) is 108 Å². The van der Waals surface area contributed by atoms with E-state index >= 15 is 0 Å². The van der Waals surface area contributed by atoms with Crippen LogP contribution >= 0.6 is 7.60 Å².